The monoisotopic (exact) mass is 292 g/mol. The minimum atomic E-state index is -0.864. The molecule has 0 aliphatic heterocycles. The van der Waals surface area contributed by atoms with Gasteiger partial charge in [-0.3, -0.25) is 9.59 Å². The van der Waals surface area contributed by atoms with E-state index in [1.54, 1.807) is 18.9 Å². The molecule has 21 heavy (non-hydrogen) atoms. The molecule has 5 heteroatoms. The lowest BCUT2D eigenvalue weighted by molar-refractivity contribution is -0.138. The molecule has 0 saturated heterocycles. The fraction of sp³-hybridized carbons (Fsp3) is 0.500. The maximum absolute atomic E-state index is 12.0. The minimum Gasteiger partial charge on any atom is -0.481 e. The summed E-state index contributed by atoms with van der Waals surface area (Å²) in [7, 11) is 5.71. The summed E-state index contributed by atoms with van der Waals surface area (Å²) >= 11 is 0. The minimum absolute atomic E-state index is 0.0249. The van der Waals surface area contributed by atoms with E-state index in [9.17, 15) is 9.59 Å². The van der Waals surface area contributed by atoms with Crippen LogP contribution in [-0.2, 0) is 16.1 Å². The number of anilines is 1. The van der Waals surface area contributed by atoms with Gasteiger partial charge >= 0.3 is 5.97 Å². The molecule has 0 radical (unpaired) electrons. The average molecular weight is 292 g/mol. The van der Waals surface area contributed by atoms with Crippen molar-refractivity contribution < 1.29 is 14.7 Å². The summed E-state index contributed by atoms with van der Waals surface area (Å²) in [5, 5.41) is 8.71. The molecule has 1 unspecified atom stereocenters. The van der Waals surface area contributed by atoms with Crippen LogP contribution in [0.5, 0.6) is 0 Å². The highest BCUT2D eigenvalue weighted by atomic mass is 16.4. The topological polar surface area (TPSA) is 60.9 Å². The highest BCUT2D eigenvalue weighted by Crippen LogP contribution is 2.15. The maximum atomic E-state index is 12.0. The van der Waals surface area contributed by atoms with E-state index < -0.39 is 5.97 Å². The van der Waals surface area contributed by atoms with Gasteiger partial charge in [0.05, 0.1) is 0 Å². The summed E-state index contributed by atoms with van der Waals surface area (Å²) in [4.78, 5) is 26.3. The molecule has 5 nitrogen and oxygen atoms in total. The Labute approximate surface area is 126 Å². The van der Waals surface area contributed by atoms with Gasteiger partial charge in [0, 0.05) is 46.2 Å². The molecule has 0 spiro atoms. The Morgan fingerprint density at radius 1 is 1.10 bits per heavy atom. The number of carbonyl (C=O) groups excluding carboxylic acids is 1. The lowest BCUT2D eigenvalue weighted by Crippen LogP contribution is -2.28. The van der Waals surface area contributed by atoms with Gasteiger partial charge in [0.15, 0.2) is 0 Å². The molecule has 1 aromatic carbocycles. The SMILES string of the molecule is CC(CC(=O)O)CC(=O)N(C)Cc1ccc(N(C)C)cc1. The number of carboxylic acid groups (broad SMARTS) is 1. The number of amides is 1. The first-order chi connectivity index (χ1) is 9.79. The molecule has 0 saturated carbocycles. The van der Waals surface area contributed by atoms with Crippen molar-refractivity contribution in [3.8, 4) is 0 Å². The number of benzene rings is 1. The number of carboxylic acids is 1. The molecular formula is C16H24N2O3. The summed E-state index contributed by atoms with van der Waals surface area (Å²) in [6.07, 6.45) is 0.287. The molecule has 0 aliphatic carbocycles. The van der Waals surface area contributed by atoms with Crippen LogP contribution in [0.15, 0.2) is 24.3 Å². The number of hydrogen-bond acceptors (Lipinski definition) is 3. The van der Waals surface area contributed by atoms with E-state index in [1.807, 2.05) is 43.3 Å². The molecule has 1 rings (SSSR count). The number of rotatable bonds is 7. The highest BCUT2D eigenvalue weighted by molar-refractivity contribution is 5.77. The Kier molecular flexibility index (Phi) is 6.21. The van der Waals surface area contributed by atoms with Gasteiger partial charge in [-0.05, 0) is 23.6 Å². The summed E-state index contributed by atoms with van der Waals surface area (Å²) in [5.74, 6) is -1.04. The van der Waals surface area contributed by atoms with Crippen LogP contribution in [0, 0.1) is 5.92 Å². The molecule has 0 aromatic heterocycles. The highest BCUT2D eigenvalue weighted by Gasteiger charge is 2.16. The Morgan fingerprint density at radius 2 is 1.67 bits per heavy atom. The van der Waals surface area contributed by atoms with Gasteiger partial charge < -0.3 is 14.9 Å². The van der Waals surface area contributed by atoms with Crippen molar-refractivity contribution in [2.45, 2.75) is 26.3 Å². The molecule has 0 heterocycles. The third-order valence-electron chi connectivity index (χ3n) is 3.34. The van der Waals surface area contributed by atoms with Crippen molar-refractivity contribution in [1.29, 1.82) is 0 Å². The van der Waals surface area contributed by atoms with Gasteiger partial charge in [-0.2, -0.15) is 0 Å². The molecule has 1 atom stereocenters. The fourth-order valence-corrected chi connectivity index (χ4v) is 2.09. The normalized spacial score (nSPS) is 11.8. The molecule has 0 bridgehead atoms. The Balaban J connectivity index is 2.53. The molecule has 1 N–H and O–H groups in total. The van der Waals surface area contributed by atoms with Gasteiger partial charge in [0.25, 0.3) is 0 Å². The summed E-state index contributed by atoms with van der Waals surface area (Å²) in [5.41, 5.74) is 2.17. The van der Waals surface area contributed by atoms with Crippen molar-refractivity contribution in [3.63, 3.8) is 0 Å². The van der Waals surface area contributed by atoms with Gasteiger partial charge in [0.2, 0.25) is 5.91 Å². The van der Waals surface area contributed by atoms with Crippen LogP contribution in [0.2, 0.25) is 0 Å². The number of nitrogens with zero attached hydrogens (tertiary/aromatic N) is 2. The average Bonchev–Trinajstić information content (AvgIpc) is 2.38. The van der Waals surface area contributed by atoms with E-state index in [4.69, 9.17) is 5.11 Å². The van der Waals surface area contributed by atoms with Crippen LogP contribution in [0.1, 0.15) is 25.3 Å². The largest absolute Gasteiger partial charge is 0.481 e. The van der Waals surface area contributed by atoms with E-state index in [0.717, 1.165) is 11.3 Å². The first-order valence-corrected chi connectivity index (χ1v) is 7.01. The zero-order chi connectivity index (χ0) is 16.0. The van der Waals surface area contributed by atoms with E-state index in [0.29, 0.717) is 6.54 Å². The Morgan fingerprint density at radius 3 is 2.14 bits per heavy atom. The van der Waals surface area contributed by atoms with Crippen LogP contribution in [0.4, 0.5) is 5.69 Å². The van der Waals surface area contributed by atoms with Crippen molar-refractivity contribution >= 4 is 17.6 Å². The number of aliphatic carboxylic acids is 1. The standard InChI is InChI=1S/C16H24N2O3/c1-12(10-16(20)21)9-15(19)18(4)11-13-5-7-14(8-6-13)17(2)3/h5-8,12H,9-11H2,1-4H3,(H,20,21). The molecule has 1 aromatic rings. The molecule has 116 valence electrons. The lowest BCUT2D eigenvalue weighted by Gasteiger charge is -2.20. The van der Waals surface area contributed by atoms with E-state index in [1.165, 1.54) is 0 Å². The first-order valence-electron chi connectivity index (χ1n) is 7.01. The maximum Gasteiger partial charge on any atom is 0.303 e. The number of carbonyl (C=O) groups is 2. The Hall–Kier alpha value is -2.04. The first kappa shape index (κ1) is 17.0. The predicted molar refractivity (Wildman–Crippen MR) is 83.3 cm³/mol. The summed E-state index contributed by atoms with van der Waals surface area (Å²) in [6.45, 7) is 2.32. The van der Waals surface area contributed by atoms with Gasteiger partial charge in [0.1, 0.15) is 0 Å². The van der Waals surface area contributed by atoms with E-state index >= 15 is 0 Å². The molecular weight excluding hydrogens is 268 g/mol. The van der Waals surface area contributed by atoms with Gasteiger partial charge in [-0.1, -0.05) is 19.1 Å². The molecule has 0 aliphatic rings. The third-order valence-corrected chi connectivity index (χ3v) is 3.34. The second kappa shape index (κ2) is 7.67. The van der Waals surface area contributed by atoms with Crippen molar-refractivity contribution in [1.82, 2.24) is 4.90 Å². The number of hydrogen-bond donors (Lipinski definition) is 1. The lowest BCUT2D eigenvalue weighted by atomic mass is 10.0. The summed E-state index contributed by atoms with van der Waals surface area (Å²) < 4.78 is 0. The second-order valence-electron chi connectivity index (χ2n) is 5.72. The zero-order valence-electron chi connectivity index (χ0n) is 13.2. The smallest absolute Gasteiger partial charge is 0.303 e. The van der Waals surface area contributed by atoms with E-state index in [2.05, 4.69) is 0 Å². The fourth-order valence-electron chi connectivity index (χ4n) is 2.09. The summed E-state index contributed by atoms with van der Waals surface area (Å²) in [6, 6.07) is 8.03. The van der Waals surface area contributed by atoms with Crippen LogP contribution < -0.4 is 4.90 Å². The van der Waals surface area contributed by atoms with Gasteiger partial charge in [-0.15, -0.1) is 0 Å². The predicted octanol–water partition coefficient (Wildman–Crippen LogP) is 2.21. The van der Waals surface area contributed by atoms with Crippen molar-refractivity contribution in [3.05, 3.63) is 29.8 Å². The Bertz CT molecular complexity index is 483. The van der Waals surface area contributed by atoms with Crippen molar-refractivity contribution in [2.24, 2.45) is 5.92 Å². The van der Waals surface area contributed by atoms with Gasteiger partial charge in [-0.25, -0.2) is 0 Å². The van der Waals surface area contributed by atoms with Crippen LogP contribution in [-0.4, -0.2) is 43.0 Å². The van der Waals surface area contributed by atoms with E-state index in [-0.39, 0.29) is 24.7 Å². The molecule has 0 fully saturated rings. The molecule has 1 amide bonds. The third kappa shape index (κ3) is 5.85. The van der Waals surface area contributed by atoms with Crippen molar-refractivity contribution in [2.75, 3.05) is 26.0 Å². The van der Waals surface area contributed by atoms with Crippen LogP contribution >= 0.6 is 0 Å². The van der Waals surface area contributed by atoms with Crippen LogP contribution in [0.25, 0.3) is 0 Å². The van der Waals surface area contributed by atoms with Crippen LogP contribution in [0.3, 0.4) is 0 Å². The quantitative estimate of drug-likeness (QED) is 0.837. The zero-order valence-corrected chi connectivity index (χ0v) is 13.2. The second-order valence-corrected chi connectivity index (χ2v) is 5.72.